The Morgan fingerprint density at radius 2 is 1.88 bits per heavy atom. The molecule has 0 spiro atoms. The van der Waals surface area contributed by atoms with E-state index in [1.54, 1.807) is 30.3 Å². The Morgan fingerprint density at radius 3 is 2.58 bits per heavy atom. The van der Waals surface area contributed by atoms with Gasteiger partial charge in [-0.1, -0.05) is 49.9 Å². The molecule has 2 aliphatic carbocycles. The number of fused-ring (bicyclic) bond motifs is 1. The summed E-state index contributed by atoms with van der Waals surface area (Å²) in [6.45, 7) is 5.94. The summed E-state index contributed by atoms with van der Waals surface area (Å²) in [5, 5.41) is -0.642. The third-order valence-electron chi connectivity index (χ3n) is 5.13. The lowest BCUT2D eigenvalue weighted by Crippen LogP contribution is -2.43. The summed E-state index contributed by atoms with van der Waals surface area (Å²) in [5.74, 6) is -0.600. The third-order valence-corrected chi connectivity index (χ3v) is 7.37. The largest absolute Gasteiger partial charge is 0.290 e. The molecule has 0 saturated carbocycles. The Bertz CT molecular complexity index is 818. The van der Waals surface area contributed by atoms with Crippen molar-refractivity contribution < 1.29 is 13.2 Å². The van der Waals surface area contributed by atoms with E-state index in [2.05, 4.69) is 12.7 Å². The van der Waals surface area contributed by atoms with Crippen LogP contribution in [-0.4, -0.2) is 19.5 Å². The number of hydrogen-bond acceptors (Lipinski definition) is 3. The van der Waals surface area contributed by atoms with Gasteiger partial charge in [0.2, 0.25) is 0 Å². The van der Waals surface area contributed by atoms with E-state index in [1.165, 1.54) is 6.08 Å². The molecular formula is C20H22O3S. The minimum atomic E-state index is -3.55. The van der Waals surface area contributed by atoms with Crippen LogP contribution < -0.4 is 0 Å². The Kier molecular flexibility index (Phi) is 4.35. The number of sulfone groups is 1. The first-order valence-electron chi connectivity index (χ1n) is 8.25. The molecule has 0 bridgehead atoms. The first kappa shape index (κ1) is 16.9. The number of ketones is 1. The van der Waals surface area contributed by atoms with Crippen molar-refractivity contribution in [2.45, 2.75) is 36.3 Å². The minimum Gasteiger partial charge on any atom is -0.290 e. The predicted octanol–water partition coefficient (Wildman–Crippen LogP) is 3.89. The second kappa shape index (κ2) is 6.17. The molecule has 0 fully saturated rings. The third kappa shape index (κ3) is 2.80. The van der Waals surface area contributed by atoms with Crippen molar-refractivity contribution in [1.29, 1.82) is 0 Å². The summed E-state index contributed by atoms with van der Waals surface area (Å²) in [6.07, 6.45) is 9.65. The Morgan fingerprint density at radius 1 is 1.17 bits per heavy atom. The predicted molar refractivity (Wildman–Crippen MR) is 95.3 cm³/mol. The number of carbonyl (C=O) groups excluding carboxylic acids is 1. The molecule has 0 heterocycles. The van der Waals surface area contributed by atoms with E-state index in [9.17, 15) is 13.2 Å². The van der Waals surface area contributed by atoms with Crippen molar-refractivity contribution in [1.82, 2.24) is 0 Å². The lowest BCUT2D eigenvalue weighted by molar-refractivity contribution is -0.112. The molecule has 126 valence electrons. The highest BCUT2D eigenvalue weighted by atomic mass is 32.2. The maximum absolute atomic E-state index is 13.3. The SMILES string of the molecule is C=C1C(=O)C=C[C@@]2(C)C=CCCC[C@@H](S(=O)(=O)c3ccccc3)[C@H]12. The minimum absolute atomic E-state index is 0.167. The molecule has 0 saturated heterocycles. The first-order valence-corrected chi connectivity index (χ1v) is 9.80. The molecule has 0 amide bonds. The van der Waals surface area contributed by atoms with Crippen LogP contribution in [0.5, 0.6) is 0 Å². The van der Waals surface area contributed by atoms with Crippen molar-refractivity contribution in [2.24, 2.45) is 11.3 Å². The Balaban J connectivity index is 2.15. The Labute approximate surface area is 143 Å². The second-order valence-corrected chi connectivity index (χ2v) is 8.96. The highest BCUT2D eigenvalue weighted by Gasteiger charge is 2.47. The Hall–Kier alpha value is -1.94. The van der Waals surface area contributed by atoms with Crippen molar-refractivity contribution in [3.63, 3.8) is 0 Å². The fraction of sp³-hybridized carbons (Fsp3) is 0.350. The summed E-state index contributed by atoms with van der Waals surface area (Å²) in [7, 11) is -3.55. The number of allylic oxidation sites excluding steroid dienone is 5. The summed E-state index contributed by atoms with van der Waals surface area (Å²) in [6, 6.07) is 8.52. The molecule has 0 radical (unpaired) electrons. The van der Waals surface area contributed by atoms with Gasteiger partial charge in [0.15, 0.2) is 15.6 Å². The van der Waals surface area contributed by atoms with E-state index >= 15 is 0 Å². The van der Waals surface area contributed by atoms with E-state index in [0.29, 0.717) is 16.9 Å². The fourth-order valence-electron chi connectivity index (χ4n) is 3.84. The lowest BCUT2D eigenvalue weighted by Gasteiger charge is -2.42. The summed E-state index contributed by atoms with van der Waals surface area (Å²) in [5.41, 5.74) is -0.103. The van der Waals surface area contributed by atoms with Gasteiger partial charge in [-0.2, -0.15) is 0 Å². The smallest absolute Gasteiger partial charge is 0.181 e. The van der Waals surface area contributed by atoms with Crippen LogP contribution in [0.15, 0.2) is 71.7 Å². The molecule has 1 aromatic carbocycles. The van der Waals surface area contributed by atoms with Crippen LogP contribution in [0, 0.1) is 11.3 Å². The van der Waals surface area contributed by atoms with Gasteiger partial charge >= 0.3 is 0 Å². The standard InChI is InChI=1S/C20H22O3S/c1-15-17(21)12-14-20(2)13-8-4-7-11-18(19(15)20)24(22,23)16-9-5-3-6-10-16/h3,5-6,8-10,12-14,18-19H,1,4,7,11H2,2H3/t18-,19+,20-/m1/s1. The molecule has 3 rings (SSSR count). The molecule has 3 nitrogen and oxygen atoms in total. The van der Waals surface area contributed by atoms with Crippen LogP contribution in [0.3, 0.4) is 0 Å². The fourth-order valence-corrected chi connectivity index (χ4v) is 6.02. The van der Waals surface area contributed by atoms with Crippen LogP contribution in [0.1, 0.15) is 26.2 Å². The molecule has 1 aromatic rings. The van der Waals surface area contributed by atoms with Gasteiger partial charge in [-0.05, 0) is 43.0 Å². The summed E-state index contributed by atoms with van der Waals surface area (Å²) >= 11 is 0. The highest BCUT2D eigenvalue weighted by molar-refractivity contribution is 7.92. The molecule has 4 heteroatoms. The van der Waals surface area contributed by atoms with Gasteiger partial charge in [-0.3, -0.25) is 4.79 Å². The topological polar surface area (TPSA) is 51.2 Å². The summed E-state index contributed by atoms with van der Waals surface area (Å²) < 4.78 is 26.6. The van der Waals surface area contributed by atoms with Crippen LogP contribution in [0.4, 0.5) is 0 Å². The molecule has 0 unspecified atom stereocenters. The number of rotatable bonds is 2. The zero-order valence-corrected chi connectivity index (χ0v) is 14.6. The van der Waals surface area contributed by atoms with Crippen LogP contribution >= 0.6 is 0 Å². The maximum Gasteiger partial charge on any atom is 0.181 e. The van der Waals surface area contributed by atoms with Crippen molar-refractivity contribution in [2.75, 3.05) is 0 Å². The summed E-state index contributed by atoms with van der Waals surface area (Å²) in [4.78, 5) is 12.5. The van der Waals surface area contributed by atoms with Gasteiger partial charge in [0.05, 0.1) is 10.1 Å². The van der Waals surface area contributed by atoms with Crippen molar-refractivity contribution >= 4 is 15.6 Å². The molecule has 0 aromatic heterocycles. The quantitative estimate of drug-likeness (QED) is 0.605. The van der Waals surface area contributed by atoms with E-state index in [4.69, 9.17) is 0 Å². The average molecular weight is 342 g/mol. The van der Waals surface area contributed by atoms with Crippen LogP contribution in [0.25, 0.3) is 0 Å². The van der Waals surface area contributed by atoms with Gasteiger partial charge in [0.1, 0.15) is 0 Å². The lowest BCUT2D eigenvalue weighted by atomic mass is 9.66. The molecule has 2 aliphatic rings. The molecule has 24 heavy (non-hydrogen) atoms. The monoisotopic (exact) mass is 342 g/mol. The van der Waals surface area contributed by atoms with Crippen LogP contribution in [-0.2, 0) is 14.6 Å². The number of hydrogen-bond donors (Lipinski definition) is 0. The van der Waals surface area contributed by atoms with Gasteiger partial charge in [0.25, 0.3) is 0 Å². The van der Waals surface area contributed by atoms with E-state index in [1.807, 2.05) is 19.1 Å². The highest BCUT2D eigenvalue weighted by Crippen LogP contribution is 2.46. The normalized spacial score (nSPS) is 30.5. The van der Waals surface area contributed by atoms with Gasteiger partial charge in [0, 0.05) is 11.3 Å². The number of carbonyl (C=O) groups is 1. The van der Waals surface area contributed by atoms with Crippen molar-refractivity contribution in [3.05, 3.63) is 66.8 Å². The number of benzene rings is 1. The maximum atomic E-state index is 13.3. The zero-order chi connectivity index (χ0) is 17.4. The van der Waals surface area contributed by atoms with E-state index in [0.717, 1.165) is 12.8 Å². The molecule has 3 atom stereocenters. The van der Waals surface area contributed by atoms with E-state index < -0.39 is 26.4 Å². The van der Waals surface area contributed by atoms with Gasteiger partial charge in [-0.15, -0.1) is 0 Å². The molecule has 0 aliphatic heterocycles. The van der Waals surface area contributed by atoms with Crippen LogP contribution in [0.2, 0.25) is 0 Å². The van der Waals surface area contributed by atoms with Gasteiger partial charge < -0.3 is 0 Å². The molecular weight excluding hydrogens is 320 g/mol. The van der Waals surface area contributed by atoms with E-state index in [-0.39, 0.29) is 5.78 Å². The van der Waals surface area contributed by atoms with Crippen molar-refractivity contribution in [3.8, 4) is 0 Å². The van der Waals surface area contributed by atoms with Gasteiger partial charge in [-0.25, -0.2) is 8.42 Å². The zero-order valence-electron chi connectivity index (χ0n) is 13.8. The average Bonchev–Trinajstić information content (AvgIpc) is 2.55. The first-order chi connectivity index (χ1) is 11.4. The second-order valence-electron chi connectivity index (χ2n) is 6.80. The molecule has 0 N–H and O–H groups in total.